The molecule has 0 spiro atoms. The Morgan fingerprint density at radius 1 is 1.29 bits per heavy atom. The average Bonchev–Trinajstić information content (AvgIpc) is 2.59. The lowest BCUT2D eigenvalue weighted by Crippen LogP contribution is -2.52. The highest BCUT2D eigenvalue weighted by Gasteiger charge is 2.40. The molecule has 1 fully saturated rings. The summed E-state index contributed by atoms with van der Waals surface area (Å²) in [7, 11) is 0. The fourth-order valence-corrected chi connectivity index (χ4v) is 3.86. The van der Waals surface area contributed by atoms with E-state index in [2.05, 4.69) is 6.58 Å². The third kappa shape index (κ3) is 4.01. The Labute approximate surface area is 150 Å². The number of halogens is 1. The second-order valence-electron chi connectivity index (χ2n) is 6.56. The summed E-state index contributed by atoms with van der Waals surface area (Å²) in [6, 6.07) is 7.56. The molecule has 0 saturated carbocycles. The van der Waals surface area contributed by atoms with E-state index < -0.39 is 6.10 Å². The first-order valence-electron chi connectivity index (χ1n) is 8.90. The van der Waals surface area contributed by atoms with Crippen LogP contribution < -0.4 is 0 Å². The highest BCUT2D eigenvalue weighted by molar-refractivity contribution is 6.30. The molecular weight excluding hydrogens is 322 g/mol. The second-order valence-corrected chi connectivity index (χ2v) is 7.00. The molecule has 2 rings (SSSR count). The van der Waals surface area contributed by atoms with Gasteiger partial charge in [0.2, 0.25) is 5.91 Å². The van der Waals surface area contributed by atoms with Gasteiger partial charge in [0.15, 0.2) is 0 Å². The topological polar surface area (TPSA) is 40.5 Å². The maximum absolute atomic E-state index is 13.1. The smallest absolute Gasteiger partial charge is 0.226 e. The van der Waals surface area contributed by atoms with Gasteiger partial charge in [-0.15, -0.1) is 6.58 Å². The summed E-state index contributed by atoms with van der Waals surface area (Å²) in [4.78, 5) is 15.1. The summed E-state index contributed by atoms with van der Waals surface area (Å²) in [5.41, 5.74) is 1.09. The van der Waals surface area contributed by atoms with Crippen molar-refractivity contribution in [1.82, 2.24) is 4.90 Å². The number of benzene rings is 1. The van der Waals surface area contributed by atoms with Crippen molar-refractivity contribution in [2.75, 3.05) is 0 Å². The lowest BCUT2D eigenvalue weighted by atomic mass is 9.84. The summed E-state index contributed by atoms with van der Waals surface area (Å²) < 4.78 is 0. The molecule has 132 valence electrons. The Bertz CT molecular complexity index is 557. The van der Waals surface area contributed by atoms with Gasteiger partial charge in [0.1, 0.15) is 0 Å². The van der Waals surface area contributed by atoms with Gasteiger partial charge in [0.25, 0.3) is 0 Å². The number of hydrogen-bond acceptors (Lipinski definition) is 2. The maximum Gasteiger partial charge on any atom is 0.226 e. The van der Waals surface area contributed by atoms with Crippen LogP contribution in [0.25, 0.3) is 0 Å². The predicted molar refractivity (Wildman–Crippen MR) is 99.0 cm³/mol. The SMILES string of the molecule is C=CC[C@H]1CC[C@@H](c2ccc(Cl)cc2)N([C@@H](CC)C(O)CC)C1=O. The zero-order chi connectivity index (χ0) is 17.7. The minimum Gasteiger partial charge on any atom is -0.391 e. The van der Waals surface area contributed by atoms with E-state index in [1.807, 2.05) is 49.1 Å². The average molecular weight is 350 g/mol. The number of aliphatic hydroxyl groups excluding tert-OH is 1. The number of allylic oxidation sites excluding steroid dienone is 1. The molecule has 1 N–H and O–H groups in total. The van der Waals surface area contributed by atoms with Crippen LogP contribution in [0.4, 0.5) is 0 Å². The molecule has 0 bridgehead atoms. The van der Waals surface area contributed by atoms with Crippen LogP contribution in [0.5, 0.6) is 0 Å². The molecule has 1 saturated heterocycles. The van der Waals surface area contributed by atoms with Crippen molar-refractivity contribution in [2.45, 2.75) is 64.1 Å². The Hall–Kier alpha value is -1.32. The van der Waals surface area contributed by atoms with Gasteiger partial charge < -0.3 is 10.0 Å². The molecule has 0 aliphatic carbocycles. The third-order valence-corrected chi connectivity index (χ3v) is 5.32. The quantitative estimate of drug-likeness (QED) is 0.722. The van der Waals surface area contributed by atoms with Crippen LogP contribution >= 0.6 is 11.6 Å². The molecule has 1 aromatic carbocycles. The van der Waals surface area contributed by atoms with Crippen LogP contribution in [0.15, 0.2) is 36.9 Å². The summed E-state index contributed by atoms with van der Waals surface area (Å²) in [6.45, 7) is 7.78. The molecule has 4 heteroatoms. The lowest BCUT2D eigenvalue weighted by molar-refractivity contribution is -0.149. The first-order valence-corrected chi connectivity index (χ1v) is 9.27. The summed E-state index contributed by atoms with van der Waals surface area (Å²) in [6.07, 6.45) is 5.15. The summed E-state index contributed by atoms with van der Waals surface area (Å²) in [5.74, 6) is 0.115. The first kappa shape index (κ1) is 19.0. The molecule has 3 nitrogen and oxygen atoms in total. The van der Waals surface area contributed by atoms with Gasteiger partial charge in [0.05, 0.1) is 18.2 Å². The predicted octanol–water partition coefficient (Wildman–Crippen LogP) is 4.75. The largest absolute Gasteiger partial charge is 0.391 e. The normalized spacial score (nSPS) is 23.8. The lowest BCUT2D eigenvalue weighted by Gasteiger charge is -2.45. The van der Waals surface area contributed by atoms with Crippen LogP contribution in [0, 0.1) is 5.92 Å². The van der Waals surface area contributed by atoms with E-state index in [-0.39, 0.29) is 23.9 Å². The van der Waals surface area contributed by atoms with Crippen molar-refractivity contribution in [3.05, 3.63) is 47.5 Å². The monoisotopic (exact) mass is 349 g/mol. The van der Waals surface area contributed by atoms with Gasteiger partial charge in [-0.3, -0.25) is 4.79 Å². The van der Waals surface area contributed by atoms with E-state index in [1.54, 1.807) is 0 Å². The molecule has 24 heavy (non-hydrogen) atoms. The van der Waals surface area contributed by atoms with E-state index in [9.17, 15) is 9.90 Å². The summed E-state index contributed by atoms with van der Waals surface area (Å²) >= 11 is 6.01. The maximum atomic E-state index is 13.1. The summed E-state index contributed by atoms with van der Waals surface area (Å²) in [5, 5.41) is 11.2. The Kier molecular flexibility index (Phi) is 6.88. The fraction of sp³-hybridized carbons (Fsp3) is 0.550. The Balaban J connectivity index is 2.38. The molecular formula is C20H28ClNO2. The number of amides is 1. The molecule has 4 atom stereocenters. The standard InChI is InChI=1S/C20H28ClNO2/c1-4-7-15-10-13-18(14-8-11-16(21)12-9-14)22(20(15)24)17(5-2)19(23)6-3/h4,8-9,11-12,15,17-19,23H,1,5-7,10,13H2,2-3H3/t15-,17-,18-,19?/m0/s1. The number of rotatable bonds is 7. The van der Waals surface area contributed by atoms with Crippen molar-refractivity contribution in [3.8, 4) is 0 Å². The van der Waals surface area contributed by atoms with Gasteiger partial charge >= 0.3 is 0 Å². The van der Waals surface area contributed by atoms with Gasteiger partial charge in [0, 0.05) is 10.9 Å². The Morgan fingerprint density at radius 3 is 2.50 bits per heavy atom. The van der Waals surface area contributed by atoms with Gasteiger partial charge in [-0.05, 0) is 49.8 Å². The van der Waals surface area contributed by atoms with Crippen LogP contribution in [0.1, 0.15) is 57.6 Å². The second kappa shape index (κ2) is 8.68. The van der Waals surface area contributed by atoms with Gasteiger partial charge in [-0.25, -0.2) is 0 Å². The van der Waals surface area contributed by atoms with Crippen LogP contribution in [-0.2, 0) is 4.79 Å². The highest BCUT2D eigenvalue weighted by atomic mass is 35.5. The molecule has 0 radical (unpaired) electrons. The number of carbonyl (C=O) groups is 1. The van der Waals surface area contributed by atoms with Crippen molar-refractivity contribution in [1.29, 1.82) is 0 Å². The molecule has 1 aromatic rings. The zero-order valence-electron chi connectivity index (χ0n) is 14.6. The molecule has 0 aromatic heterocycles. The van der Waals surface area contributed by atoms with Crippen LogP contribution in [0.2, 0.25) is 5.02 Å². The number of aliphatic hydroxyl groups is 1. The zero-order valence-corrected chi connectivity index (χ0v) is 15.4. The highest BCUT2D eigenvalue weighted by Crippen LogP contribution is 2.38. The Morgan fingerprint density at radius 2 is 1.96 bits per heavy atom. The molecule has 1 heterocycles. The minimum atomic E-state index is -0.503. The van der Waals surface area contributed by atoms with Gasteiger partial charge in [-0.2, -0.15) is 0 Å². The van der Waals surface area contributed by atoms with E-state index in [0.29, 0.717) is 17.9 Å². The minimum absolute atomic E-state index is 0.00184. The molecule has 1 aliphatic heterocycles. The van der Waals surface area contributed by atoms with E-state index in [4.69, 9.17) is 11.6 Å². The molecule has 1 amide bonds. The van der Waals surface area contributed by atoms with Gasteiger partial charge in [-0.1, -0.05) is 43.7 Å². The molecule has 1 unspecified atom stereocenters. The van der Waals surface area contributed by atoms with E-state index in [1.165, 1.54) is 0 Å². The van der Waals surface area contributed by atoms with Crippen LogP contribution in [-0.4, -0.2) is 28.1 Å². The first-order chi connectivity index (χ1) is 11.5. The number of piperidine rings is 1. The van der Waals surface area contributed by atoms with Crippen LogP contribution in [0.3, 0.4) is 0 Å². The fourth-order valence-electron chi connectivity index (χ4n) is 3.74. The number of nitrogens with zero attached hydrogens (tertiary/aromatic N) is 1. The van der Waals surface area contributed by atoms with Crippen molar-refractivity contribution < 1.29 is 9.90 Å². The number of hydrogen-bond donors (Lipinski definition) is 1. The van der Waals surface area contributed by atoms with E-state index >= 15 is 0 Å². The molecule has 1 aliphatic rings. The van der Waals surface area contributed by atoms with Crippen molar-refractivity contribution in [2.24, 2.45) is 5.92 Å². The van der Waals surface area contributed by atoms with E-state index in [0.717, 1.165) is 24.8 Å². The van der Waals surface area contributed by atoms with Crippen molar-refractivity contribution >= 4 is 17.5 Å². The van der Waals surface area contributed by atoms with Crippen molar-refractivity contribution in [3.63, 3.8) is 0 Å². The number of likely N-dealkylation sites (tertiary alicyclic amines) is 1. The number of carbonyl (C=O) groups excluding carboxylic acids is 1. The third-order valence-electron chi connectivity index (χ3n) is 5.07.